The fourth-order valence-electron chi connectivity index (χ4n) is 1.48. The maximum absolute atomic E-state index is 12.6. The quantitative estimate of drug-likeness (QED) is 0.769. The zero-order valence-electron chi connectivity index (χ0n) is 10.1. The topological polar surface area (TPSA) is 29.0 Å². The van der Waals surface area contributed by atoms with Crippen LogP contribution in [0.15, 0.2) is 18.2 Å². The van der Waals surface area contributed by atoms with Gasteiger partial charge in [-0.25, -0.2) is 9.97 Å². The third-order valence-corrected chi connectivity index (χ3v) is 3.76. The van der Waals surface area contributed by atoms with E-state index in [1.54, 1.807) is 24.1 Å². The van der Waals surface area contributed by atoms with E-state index in [1.165, 1.54) is 17.4 Å². The van der Waals surface area contributed by atoms with Crippen LogP contribution in [0.1, 0.15) is 10.7 Å². The van der Waals surface area contributed by atoms with Crippen molar-refractivity contribution in [3.8, 4) is 0 Å². The van der Waals surface area contributed by atoms with Crippen LogP contribution in [0, 0.1) is 0 Å². The Balaban J connectivity index is 2.25. The molecule has 0 saturated carbocycles. The molecule has 0 aliphatic rings. The largest absolute Gasteiger partial charge is 0.451 e. The lowest BCUT2D eigenvalue weighted by Gasteiger charge is -2.18. The normalized spacial score (nSPS) is 11.7. The van der Waals surface area contributed by atoms with E-state index in [0.717, 1.165) is 4.88 Å². The molecule has 108 valence electrons. The highest BCUT2D eigenvalue weighted by atomic mass is 35.5. The number of halogens is 5. The van der Waals surface area contributed by atoms with Crippen molar-refractivity contribution < 1.29 is 13.2 Å². The summed E-state index contributed by atoms with van der Waals surface area (Å²) in [6.07, 6.45) is -4.63. The summed E-state index contributed by atoms with van der Waals surface area (Å²) >= 11 is 12.8. The second-order valence-electron chi connectivity index (χ2n) is 3.93. The van der Waals surface area contributed by atoms with Gasteiger partial charge in [-0.2, -0.15) is 13.2 Å². The van der Waals surface area contributed by atoms with E-state index in [4.69, 9.17) is 23.2 Å². The van der Waals surface area contributed by atoms with Gasteiger partial charge in [0.05, 0.1) is 10.9 Å². The summed E-state index contributed by atoms with van der Waals surface area (Å²) < 4.78 is 38.5. The van der Waals surface area contributed by atoms with Crippen molar-refractivity contribution in [2.75, 3.05) is 11.9 Å². The van der Waals surface area contributed by atoms with Crippen LogP contribution in [0.3, 0.4) is 0 Å². The van der Waals surface area contributed by atoms with Crippen LogP contribution in [0.2, 0.25) is 9.49 Å². The summed E-state index contributed by atoms with van der Waals surface area (Å²) in [4.78, 5) is 9.12. The summed E-state index contributed by atoms with van der Waals surface area (Å²) in [7, 11) is 1.62. The molecule has 0 atom stereocenters. The van der Waals surface area contributed by atoms with Crippen molar-refractivity contribution in [1.29, 1.82) is 0 Å². The van der Waals surface area contributed by atoms with Crippen molar-refractivity contribution in [2.45, 2.75) is 12.7 Å². The molecule has 3 nitrogen and oxygen atoms in total. The number of nitrogens with zero attached hydrogens (tertiary/aromatic N) is 3. The van der Waals surface area contributed by atoms with E-state index in [1.807, 2.05) is 0 Å². The molecule has 0 aromatic carbocycles. The van der Waals surface area contributed by atoms with E-state index in [2.05, 4.69) is 9.97 Å². The van der Waals surface area contributed by atoms with Crippen LogP contribution in [0.25, 0.3) is 0 Å². The third kappa shape index (κ3) is 3.74. The molecule has 0 fully saturated rings. The Morgan fingerprint density at radius 3 is 2.50 bits per heavy atom. The highest BCUT2D eigenvalue weighted by Gasteiger charge is 2.35. The van der Waals surface area contributed by atoms with Crippen LogP contribution < -0.4 is 4.90 Å². The predicted molar refractivity (Wildman–Crippen MR) is 73.5 cm³/mol. The fraction of sp³-hybridized carbons (Fsp3) is 0.273. The monoisotopic (exact) mass is 341 g/mol. The SMILES string of the molecule is CN(Cc1ccc(Cl)s1)c1cc(Cl)nc(C(F)(F)F)n1. The van der Waals surface area contributed by atoms with Crippen LogP contribution >= 0.6 is 34.5 Å². The standard InChI is InChI=1S/C11H8Cl2F3N3S/c1-19(5-6-2-3-8(13)20-6)9-4-7(12)17-10(18-9)11(14,15)16/h2-4H,5H2,1H3. The first kappa shape index (κ1) is 15.3. The second-order valence-corrected chi connectivity index (χ2v) is 6.12. The molecule has 0 aliphatic heterocycles. The number of aromatic nitrogens is 2. The van der Waals surface area contributed by atoms with Gasteiger partial charge < -0.3 is 4.90 Å². The van der Waals surface area contributed by atoms with E-state index in [-0.39, 0.29) is 11.0 Å². The number of hydrogen-bond acceptors (Lipinski definition) is 4. The molecule has 2 aromatic rings. The van der Waals surface area contributed by atoms with Gasteiger partial charge in [-0.1, -0.05) is 23.2 Å². The zero-order valence-corrected chi connectivity index (χ0v) is 12.4. The fourth-order valence-corrected chi connectivity index (χ4v) is 2.80. The minimum absolute atomic E-state index is 0.0989. The molecule has 0 spiro atoms. The molecule has 20 heavy (non-hydrogen) atoms. The molecule has 9 heteroatoms. The van der Waals surface area contributed by atoms with Crippen molar-refractivity contribution in [1.82, 2.24) is 9.97 Å². The first-order valence-electron chi connectivity index (χ1n) is 5.33. The Morgan fingerprint density at radius 1 is 1.25 bits per heavy atom. The Hall–Kier alpha value is -1.05. The lowest BCUT2D eigenvalue weighted by atomic mass is 10.4. The van der Waals surface area contributed by atoms with Crippen LogP contribution in [0.5, 0.6) is 0 Å². The van der Waals surface area contributed by atoms with E-state index in [0.29, 0.717) is 10.9 Å². The highest BCUT2D eigenvalue weighted by Crippen LogP contribution is 2.30. The van der Waals surface area contributed by atoms with Gasteiger partial charge in [0.1, 0.15) is 11.0 Å². The summed E-state index contributed by atoms with van der Waals surface area (Å²) in [5.41, 5.74) is 0. The molecule has 0 unspecified atom stereocenters. The molecule has 0 bridgehead atoms. The molecular weight excluding hydrogens is 334 g/mol. The minimum Gasteiger partial charge on any atom is -0.354 e. The zero-order chi connectivity index (χ0) is 14.9. The Kier molecular flexibility index (Phi) is 4.41. The number of thiophene rings is 1. The minimum atomic E-state index is -4.63. The van der Waals surface area contributed by atoms with Gasteiger partial charge >= 0.3 is 6.18 Å². The van der Waals surface area contributed by atoms with Gasteiger partial charge in [0, 0.05) is 18.0 Å². The van der Waals surface area contributed by atoms with Crippen molar-refractivity contribution >= 4 is 40.4 Å². The molecule has 0 aliphatic carbocycles. The average Bonchev–Trinajstić information content (AvgIpc) is 2.72. The Morgan fingerprint density at radius 2 is 1.95 bits per heavy atom. The van der Waals surface area contributed by atoms with Gasteiger partial charge in [-0.15, -0.1) is 11.3 Å². The number of rotatable bonds is 3. The Labute approximate surface area is 127 Å². The lowest BCUT2D eigenvalue weighted by Crippen LogP contribution is -2.20. The predicted octanol–water partition coefficient (Wildman–Crippen LogP) is 4.50. The van der Waals surface area contributed by atoms with Gasteiger partial charge in [-0.3, -0.25) is 0 Å². The molecule has 2 rings (SSSR count). The number of alkyl halides is 3. The smallest absolute Gasteiger partial charge is 0.354 e. The number of anilines is 1. The van der Waals surface area contributed by atoms with Crippen molar-refractivity contribution in [2.24, 2.45) is 0 Å². The maximum Gasteiger partial charge on any atom is 0.451 e. The van der Waals surface area contributed by atoms with Crippen molar-refractivity contribution in [3.63, 3.8) is 0 Å². The number of hydrogen-bond donors (Lipinski definition) is 0. The van der Waals surface area contributed by atoms with E-state index in [9.17, 15) is 13.2 Å². The summed E-state index contributed by atoms with van der Waals surface area (Å²) in [6, 6.07) is 4.81. The highest BCUT2D eigenvalue weighted by molar-refractivity contribution is 7.16. The van der Waals surface area contributed by atoms with Gasteiger partial charge in [-0.05, 0) is 12.1 Å². The third-order valence-electron chi connectivity index (χ3n) is 2.35. The molecular formula is C11H8Cl2F3N3S. The Bertz CT molecular complexity index is 615. The van der Waals surface area contributed by atoms with Gasteiger partial charge in [0.15, 0.2) is 0 Å². The summed E-state index contributed by atoms with van der Waals surface area (Å²) in [5, 5.41) is -0.251. The van der Waals surface area contributed by atoms with Gasteiger partial charge in [0.2, 0.25) is 5.82 Å². The molecule has 0 radical (unpaired) electrons. The van der Waals surface area contributed by atoms with E-state index >= 15 is 0 Å². The lowest BCUT2D eigenvalue weighted by molar-refractivity contribution is -0.144. The summed E-state index contributed by atoms with van der Waals surface area (Å²) in [6.45, 7) is 0.377. The van der Waals surface area contributed by atoms with Gasteiger partial charge in [0.25, 0.3) is 0 Å². The van der Waals surface area contributed by atoms with Crippen LogP contribution in [0.4, 0.5) is 19.0 Å². The van der Waals surface area contributed by atoms with Crippen LogP contribution in [-0.4, -0.2) is 17.0 Å². The summed E-state index contributed by atoms with van der Waals surface area (Å²) in [5.74, 6) is -1.15. The first-order valence-corrected chi connectivity index (χ1v) is 6.90. The van der Waals surface area contributed by atoms with E-state index < -0.39 is 12.0 Å². The first-order chi connectivity index (χ1) is 9.25. The van der Waals surface area contributed by atoms with Crippen LogP contribution in [-0.2, 0) is 12.7 Å². The van der Waals surface area contributed by atoms with Crippen molar-refractivity contribution in [3.05, 3.63) is 38.4 Å². The molecule has 0 N–H and O–H groups in total. The second kappa shape index (κ2) is 5.75. The maximum atomic E-state index is 12.6. The average molecular weight is 342 g/mol. The molecule has 2 aromatic heterocycles. The molecule has 0 saturated heterocycles. The molecule has 0 amide bonds. The molecule has 2 heterocycles.